The van der Waals surface area contributed by atoms with Crippen molar-refractivity contribution in [2.24, 2.45) is 0 Å². The first-order chi connectivity index (χ1) is 16.8. The Bertz CT molecular complexity index is 1070. The number of esters is 2. The Hall–Kier alpha value is -3.69. The van der Waals surface area contributed by atoms with Gasteiger partial charge >= 0.3 is 18.0 Å². The minimum Gasteiger partial charge on any atom is -0.469 e. The number of benzene rings is 1. The second kappa shape index (κ2) is 12.1. The number of ether oxygens (including phenoxy) is 2. The molecule has 1 aromatic heterocycles. The summed E-state index contributed by atoms with van der Waals surface area (Å²) in [6.45, 7) is 3.24. The van der Waals surface area contributed by atoms with E-state index in [-0.39, 0.29) is 24.0 Å². The van der Waals surface area contributed by atoms with E-state index in [2.05, 4.69) is 15.7 Å². The number of amides is 3. The topological polar surface area (TPSA) is 129 Å². The van der Waals surface area contributed by atoms with E-state index in [1.807, 2.05) is 13.8 Å². The quantitative estimate of drug-likeness (QED) is 0.551. The van der Waals surface area contributed by atoms with Crippen molar-refractivity contribution in [3.8, 4) is 5.69 Å². The van der Waals surface area contributed by atoms with Crippen LogP contribution in [0.25, 0.3) is 5.69 Å². The number of rotatable bonds is 8. The zero-order valence-electron chi connectivity index (χ0n) is 20.4. The van der Waals surface area contributed by atoms with Gasteiger partial charge in [0.15, 0.2) is 6.61 Å². The van der Waals surface area contributed by atoms with Crippen LogP contribution in [0.1, 0.15) is 65.8 Å². The van der Waals surface area contributed by atoms with E-state index in [0.29, 0.717) is 6.42 Å². The van der Waals surface area contributed by atoms with Crippen LogP contribution in [-0.2, 0) is 25.5 Å². The van der Waals surface area contributed by atoms with Gasteiger partial charge in [0.25, 0.3) is 5.91 Å². The maximum Gasteiger partial charge on any atom is 0.338 e. The summed E-state index contributed by atoms with van der Waals surface area (Å²) >= 11 is 0. The van der Waals surface area contributed by atoms with Crippen molar-refractivity contribution >= 4 is 23.9 Å². The van der Waals surface area contributed by atoms with E-state index < -0.39 is 24.5 Å². The molecule has 3 amide bonds. The highest BCUT2D eigenvalue weighted by molar-refractivity contribution is 5.97. The molecular formula is C25H32N4O6. The van der Waals surface area contributed by atoms with Crippen LogP contribution in [0.2, 0.25) is 0 Å². The van der Waals surface area contributed by atoms with Crippen molar-refractivity contribution in [3.05, 3.63) is 46.8 Å². The fourth-order valence-corrected chi connectivity index (χ4v) is 4.20. The molecule has 0 spiro atoms. The first-order valence-corrected chi connectivity index (χ1v) is 11.8. The number of methoxy groups -OCH3 is 1. The predicted molar refractivity (Wildman–Crippen MR) is 127 cm³/mol. The second-order valence-electron chi connectivity index (χ2n) is 8.62. The van der Waals surface area contributed by atoms with Crippen LogP contribution >= 0.6 is 0 Å². The third-order valence-electron chi connectivity index (χ3n) is 6.12. The molecule has 1 saturated carbocycles. The molecule has 35 heavy (non-hydrogen) atoms. The summed E-state index contributed by atoms with van der Waals surface area (Å²) in [6.07, 6.45) is 5.88. The summed E-state index contributed by atoms with van der Waals surface area (Å²) in [7, 11) is 1.36. The number of nitrogens with zero attached hydrogens (tertiary/aromatic N) is 2. The molecule has 0 bridgehead atoms. The third-order valence-corrected chi connectivity index (χ3v) is 6.12. The number of aryl methyl sites for hydroxylation is 1. The number of carbonyl (C=O) groups is 4. The van der Waals surface area contributed by atoms with Gasteiger partial charge in [0, 0.05) is 18.2 Å². The Balaban J connectivity index is 1.52. The summed E-state index contributed by atoms with van der Waals surface area (Å²) in [5, 5.41) is 9.51. The molecule has 0 saturated heterocycles. The van der Waals surface area contributed by atoms with E-state index in [9.17, 15) is 19.2 Å². The molecule has 1 aliphatic carbocycles. The highest BCUT2D eigenvalue weighted by atomic mass is 16.5. The second-order valence-corrected chi connectivity index (χ2v) is 8.62. The lowest BCUT2D eigenvalue weighted by Crippen LogP contribution is -2.46. The number of imide groups is 1. The molecule has 0 aliphatic heterocycles. The molecule has 10 heteroatoms. The number of aromatic nitrogens is 2. The summed E-state index contributed by atoms with van der Waals surface area (Å²) in [6, 6.07) is 6.10. The van der Waals surface area contributed by atoms with E-state index in [0.717, 1.165) is 54.7 Å². The first-order valence-electron chi connectivity index (χ1n) is 11.8. The monoisotopic (exact) mass is 484 g/mol. The van der Waals surface area contributed by atoms with Crippen LogP contribution in [0.5, 0.6) is 0 Å². The Morgan fingerprint density at radius 1 is 1.06 bits per heavy atom. The van der Waals surface area contributed by atoms with E-state index in [4.69, 9.17) is 9.47 Å². The number of hydrogen-bond acceptors (Lipinski definition) is 7. The maximum absolute atomic E-state index is 12.3. The summed E-state index contributed by atoms with van der Waals surface area (Å²) in [4.78, 5) is 47.7. The van der Waals surface area contributed by atoms with Gasteiger partial charge in [-0.15, -0.1) is 0 Å². The summed E-state index contributed by atoms with van der Waals surface area (Å²) < 4.78 is 11.5. The van der Waals surface area contributed by atoms with E-state index in [1.165, 1.54) is 7.11 Å². The highest BCUT2D eigenvalue weighted by Crippen LogP contribution is 2.20. The van der Waals surface area contributed by atoms with Gasteiger partial charge in [0.2, 0.25) is 0 Å². The zero-order valence-corrected chi connectivity index (χ0v) is 20.4. The molecule has 0 unspecified atom stereocenters. The largest absolute Gasteiger partial charge is 0.469 e. The van der Waals surface area contributed by atoms with E-state index in [1.54, 1.807) is 28.9 Å². The Morgan fingerprint density at radius 3 is 2.40 bits per heavy atom. The van der Waals surface area contributed by atoms with Crippen molar-refractivity contribution in [2.75, 3.05) is 13.7 Å². The summed E-state index contributed by atoms with van der Waals surface area (Å²) in [5.41, 5.74) is 3.68. The van der Waals surface area contributed by atoms with Gasteiger partial charge in [-0.05, 0) is 62.9 Å². The van der Waals surface area contributed by atoms with Crippen LogP contribution in [0, 0.1) is 13.8 Å². The maximum atomic E-state index is 12.3. The SMILES string of the molecule is COC(=O)CCc1c(C)nn(-c2ccc(C(=O)OCC(=O)NC(=O)NC3CCCCC3)cc2)c1C. The van der Waals surface area contributed by atoms with Crippen LogP contribution < -0.4 is 10.6 Å². The van der Waals surface area contributed by atoms with Crippen molar-refractivity contribution in [2.45, 2.75) is 64.8 Å². The molecule has 0 radical (unpaired) electrons. The van der Waals surface area contributed by atoms with Crippen LogP contribution in [-0.4, -0.2) is 53.4 Å². The first kappa shape index (κ1) is 25.9. The Kier molecular flexibility index (Phi) is 8.99. The number of nitrogens with one attached hydrogen (secondary N) is 2. The van der Waals surface area contributed by atoms with Crippen molar-refractivity contribution in [1.82, 2.24) is 20.4 Å². The minimum absolute atomic E-state index is 0.0729. The van der Waals surface area contributed by atoms with Crippen molar-refractivity contribution in [3.63, 3.8) is 0 Å². The normalized spacial score (nSPS) is 13.7. The van der Waals surface area contributed by atoms with Crippen LogP contribution in [0.3, 0.4) is 0 Å². The Labute approximate surface area is 204 Å². The molecule has 2 N–H and O–H groups in total. The fraction of sp³-hybridized carbons (Fsp3) is 0.480. The minimum atomic E-state index is -0.689. The van der Waals surface area contributed by atoms with Gasteiger partial charge in [-0.2, -0.15) is 5.10 Å². The molecule has 1 aromatic carbocycles. The standard InChI is InChI=1S/C25H32N4O6/c1-16-21(13-14-23(31)34-3)17(2)29(28-16)20-11-9-18(10-12-20)24(32)35-15-22(30)27-25(33)26-19-7-5-4-6-8-19/h9-12,19H,4-8,13-15H2,1-3H3,(H2,26,27,30,33). The van der Waals surface area contributed by atoms with Crippen molar-refractivity contribution < 1.29 is 28.7 Å². The third kappa shape index (κ3) is 7.14. The zero-order chi connectivity index (χ0) is 25.4. The van der Waals surface area contributed by atoms with Gasteiger partial charge in [0.1, 0.15) is 0 Å². The molecule has 188 valence electrons. The smallest absolute Gasteiger partial charge is 0.338 e. The lowest BCUT2D eigenvalue weighted by molar-refractivity contribution is -0.140. The number of hydrogen-bond donors (Lipinski definition) is 2. The highest BCUT2D eigenvalue weighted by Gasteiger charge is 2.18. The van der Waals surface area contributed by atoms with Crippen LogP contribution in [0.4, 0.5) is 4.79 Å². The fourth-order valence-electron chi connectivity index (χ4n) is 4.20. The summed E-state index contributed by atoms with van der Waals surface area (Å²) in [5.74, 6) is -1.64. The van der Waals surface area contributed by atoms with Gasteiger partial charge in [-0.3, -0.25) is 14.9 Å². The molecule has 1 heterocycles. The van der Waals surface area contributed by atoms with E-state index >= 15 is 0 Å². The van der Waals surface area contributed by atoms with Gasteiger partial charge in [-0.25, -0.2) is 14.3 Å². The molecule has 0 atom stereocenters. The lowest BCUT2D eigenvalue weighted by Gasteiger charge is -2.22. The van der Waals surface area contributed by atoms with Gasteiger partial charge in [0.05, 0.1) is 24.1 Å². The van der Waals surface area contributed by atoms with Crippen molar-refractivity contribution in [1.29, 1.82) is 0 Å². The lowest BCUT2D eigenvalue weighted by atomic mass is 9.96. The number of urea groups is 1. The molecule has 10 nitrogen and oxygen atoms in total. The Morgan fingerprint density at radius 2 is 1.74 bits per heavy atom. The predicted octanol–water partition coefficient (Wildman–Crippen LogP) is 2.91. The average Bonchev–Trinajstić information content (AvgIpc) is 3.14. The average molecular weight is 485 g/mol. The molecule has 1 aliphatic rings. The number of carbonyl (C=O) groups excluding carboxylic acids is 4. The molecule has 2 aromatic rings. The van der Waals surface area contributed by atoms with Gasteiger partial charge < -0.3 is 14.8 Å². The van der Waals surface area contributed by atoms with Gasteiger partial charge in [-0.1, -0.05) is 19.3 Å². The van der Waals surface area contributed by atoms with Crippen LogP contribution in [0.15, 0.2) is 24.3 Å². The molecule has 1 fully saturated rings. The molecule has 3 rings (SSSR count). The molecular weight excluding hydrogens is 452 g/mol.